The van der Waals surface area contributed by atoms with Crippen LogP contribution in [0.5, 0.6) is 11.5 Å². The lowest BCUT2D eigenvalue weighted by molar-refractivity contribution is 0.482. The molecule has 0 saturated heterocycles. The molecule has 2 aromatic rings. The third-order valence-corrected chi connectivity index (χ3v) is 2.03. The van der Waals surface area contributed by atoms with Gasteiger partial charge in [-0.1, -0.05) is 30.3 Å². The summed E-state index contributed by atoms with van der Waals surface area (Å²) >= 11 is 0. The summed E-state index contributed by atoms with van der Waals surface area (Å²) in [5.74, 6) is 1.40. The van der Waals surface area contributed by atoms with Gasteiger partial charge < -0.3 is 4.74 Å². The maximum atomic E-state index is 8.99. The van der Waals surface area contributed by atoms with E-state index >= 15 is 0 Å². The van der Waals surface area contributed by atoms with E-state index in [1.807, 2.05) is 48.5 Å². The Morgan fingerprint density at radius 2 is 1.53 bits per heavy atom. The Balaban J connectivity index is 2.28. The molecule has 2 nitrogen and oxygen atoms in total. The summed E-state index contributed by atoms with van der Waals surface area (Å²) in [6.45, 7) is 0. The van der Waals surface area contributed by atoms with Crippen LogP contribution in [-0.4, -0.2) is 6.21 Å². The van der Waals surface area contributed by atoms with Gasteiger partial charge in [0.1, 0.15) is 11.5 Å². The Morgan fingerprint density at radius 3 is 2.27 bits per heavy atom. The van der Waals surface area contributed by atoms with E-state index in [0.717, 1.165) is 12.0 Å². The van der Waals surface area contributed by atoms with Crippen molar-refractivity contribution in [3.8, 4) is 11.5 Å². The molecule has 15 heavy (non-hydrogen) atoms. The minimum Gasteiger partial charge on any atom is -0.457 e. The van der Waals surface area contributed by atoms with Crippen molar-refractivity contribution in [1.82, 2.24) is 5.41 Å². The number of hydrogen-bond acceptors (Lipinski definition) is 1. The van der Waals surface area contributed by atoms with Gasteiger partial charge in [-0.05, 0) is 24.3 Å². The first-order chi connectivity index (χ1) is 7.40. The van der Waals surface area contributed by atoms with E-state index < -0.39 is 0 Å². The van der Waals surface area contributed by atoms with Gasteiger partial charge in [0.05, 0.1) is 6.21 Å². The minimum atomic E-state index is 0.645. The smallest absolute Gasteiger partial charge is 0.136 e. The van der Waals surface area contributed by atoms with Crippen LogP contribution in [0.2, 0.25) is 0 Å². The Kier molecular flexibility index (Phi) is 2.79. The number of ether oxygens (including phenoxy) is 1. The molecule has 2 rings (SSSR count). The summed E-state index contributed by atoms with van der Waals surface area (Å²) in [5.41, 5.74) is 0.668. The highest BCUT2D eigenvalue weighted by Gasteiger charge is 2.00. The van der Waals surface area contributed by atoms with Gasteiger partial charge in [-0.15, -0.1) is 0 Å². The zero-order valence-corrected chi connectivity index (χ0v) is 8.13. The average molecular weight is 196 g/mol. The molecule has 2 heteroatoms. The lowest BCUT2D eigenvalue weighted by Crippen LogP contribution is -1.90. The molecule has 1 radical (unpaired) electrons. The molecule has 0 aliphatic rings. The first-order valence-corrected chi connectivity index (χ1v) is 4.69. The predicted octanol–water partition coefficient (Wildman–Crippen LogP) is 2.70. The van der Waals surface area contributed by atoms with E-state index in [4.69, 9.17) is 10.1 Å². The highest BCUT2D eigenvalue weighted by atomic mass is 16.5. The maximum absolute atomic E-state index is 8.99. The van der Waals surface area contributed by atoms with Crippen LogP contribution in [0.3, 0.4) is 0 Å². The molecule has 0 fully saturated rings. The zero-order chi connectivity index (χ0) is 10.5. The van der Waals surface area contributed by atoms with Crippen molar-refractivity contribution in [3.63, 3.8) is 0 Å². The summed E-state index contributed by atoms with van der Waals surface area (Å²) in [6.07, 6.45) is 1.04. The van der Waals surface area contributed by atoms with Crippen molar-refractivity contribution >= 4 is 6.21 Å². The van der Waals surface area contributed by atoms with Crippen LogP contribution in [-0.2, 0) is 0 Å². The molecule has 0 aromatic heterocycles. The number of hydrogen-bond donors (Lipinski definition) is 0. The second kappa shape index (κ2) is 4.42. The van der Waals surface area contributed by atoms with Gasteiger partial charge in [0.15, 0.2) is 0 Å². The fourth-order valence-electron chi connectivity index (χ4n) is 1.30. The van der Waals surface area contributed by atoms with Crippen molar-refractivity contribution < 1.29 is 4.74 Å². The van der Waals surface area contributed by atoms with E-state index in [9.17, 15) is 0 Å². The van der Waals surface area contributed by atoms with Gasteiger partial charge >= 0.3 is 0 Å². The van der Waals surface area contributed by atoms with Crippen LogP contribution in [0.1, 0.15) is 5.56 Å². The summed E-state index contributed by atoms with van der Waals surface area (Å²) in [5, 5.41) is 8.99. The van der Waals surface area contributed by atoms with Crippen LogP contribution >= 0.6 is 0 Å². The molecule has 0 unspecified atom stereocenters. The third-order valence-electron chi connectivity index (χ3n) is 2.03. The number of para-hydroxylation sites is 2. The van der Waals surface area contributed by atoms with Crippen LogP contribution in [0, 0.1) is 0 Å². The summed E-state index contributed by atoms with van der Waals surface area (Å²) in [7, 11) is 0. The highest BCUT2D eigenvalue weighted by Crippen LogP contribution is 2.23. The van der Waals surface area contributed by atoms with E-state index in [0.29, 0.717) is 11.3 Å². The van der Waals surface area contributed by atoms with Crippen molar-refractivity contribution in [1.29, 1.82) is 0 Å². The number of rotatable bonds is 3. The molecule has 0 aliphatic heterocycles. The molecule has 0 N–H and O–H groups in total. The van der Waals surface area contributed by atoms with E-state index in [1.165, 1.54) is 0 Å². The quantitative estimate of drug-likeness (QED) is 0.694. The molecule has 0 heterocycles. The predicted molar refractivity (Wildman–Crippen MR) is 60.3 cm³/mol. The average Bonchev–Trinajstić information content (AvgIpc) is 2.31. The molecular formula is C13H10NO. The second-order valence-electron chi connectivity index (χ2n) is 3.08. The lowest BCUT2D eigenvalue weighted by atomic mass is 10.2. The first-order valence-electron chi connectivity index (χ1n) is 4.69. The van der Waals surface area contributed by atoms with Gasteiger partial charge in [0.25, 0.3) is 0 Å². The van der Waals surface area contributed by atoms with Gasteiger partial charge in [-0.3, -0.25) is 0 Å². The van der Waals surface area contributed by atoms with Crippen LogP contribution in [0.4, 0.5) is 0 Å². The molecule has 0 saturated carbocycles. The molecule has 0 bridgehead atoms. The molecule has 0 spiro atoms. The van der Waals surface area contributed by atoms with Gasteiger partial charge in [-0.25, -0.2) is 0 Å². The SMILES string of the molecule is [N]=Cc1ccccc1Oc1ccccc1. The standard InChI is InChI=1S/C13H10NO/c14-10-11-6-4-5-9-13(11)15-12-7-2-1-3-8-12/h1-10H. The zero-order valence-electron chi connectivity index (χ0n) is 8.13. The molecular weight excluding hydrogens is 186 g/mol. The monoisotopic (exact) mass is 196 g/mol. The van der Waals surface area contributed by atoms with E-state index in [-0.39, 0.29) is 0 Å². The Bertz CT molecular complexity index is 451. The van der Waals surface area contributed by atoms with Gasteiger partial charge in [0.2, 0.25) is 0 Å². The van der Waals surface area contributed by atoms with Gasteiger partial charge in [0, 0.05) is 5.56 Å². The number of nitrogens with zero attached hydrogens (tertiary/aromatic N) is 1. The summed E-state index contributed by atoms with van der Waals surface area (Å²) in [6, 6.07) is 16.8. The fourth-order valence-corrected chi connectivity index (χ4v) is 1.30. The molecule has 0 amide bonds. The Hall–Kier alpha value is -2.09. The van der Waals surface area contributed by atoms with Crippen molar-refractivity contribution in [2.24, 2.45) is 0 Å². The van der Waals surface area contributed by atoms with E-state index in [2.05, 4.69) is 0 Å². The lowest BCUT2D eigenvalue weighted by Gasteiger charge is -2.07. The molecule has 0 aliphatic carbocycles. The second-order valence-corrected chi connectivity index (χ2v) is 3.08. The first kappa shape index (κ1) is 9.46. The largest absolute Gasteiger partial charge is 0.457 e. The topological polar surface area (TPSA) is 31.5 Å². The fraction of sp³-hybridized carbons (Fsp3) is 0. The molecule has 0 atom stereocenters. The Morgan fingerprint density at radius 1 is 0.867 bits per heavy atom. The van der Waals surface area contributed by atoms with Crippen molar-refractivity contribution in [3.05, 3.63) is 60.2 Å². The van der Waals surface area contributed by atoms with Gasteiger partial charge in [-0.2, -0.15) is 5.41 Å². The van der Waals surface area contributed by atoms with Crippen LogP contribution < -0.4 is 10.1 Å². The summed E-state index contributed by atoms with van der Waals surface area (Å²) in [4.78, 5) is 0. The van der Waals surface area contributed by atoms with Crippen molar-refractivity contribution in [2.75, 3.05) is 0 Å². The number of benzene rings is 2. The third kappa shape index (κ3) is 2.23. The summed E-state index contributed by atoms with van der Waals surface area (Å²) < 4.78 is 5.61. The minimum absolute atomic E-state index is 0.645. The van der Waals surface area contributed by atoms with Crippen molar-refractivity contribution in [2.45, 2.75) is 0 Å². The normalized spacial score (nSPS) is 9.60. The van der Waals surface area contributed by atoms with E-state index in [1.54, 1.807) is 6.07 Å². The maximum Gasteiger partial charge on any atom is 0.136 e. The highest BCUT2D eigenvalue weighted by molar-refractivity contribution is 5.81. The van der Waals surface area contributed by atoms with Crippen LogP contribution in [0.15, 0.2) is 54.6 Å². The molecule has 2 aromatic carbocycles. The van der Waals surface area contributed by atoms with Crippen LogP contribution in [0.25, 0.3) is 0 Å². The Labute approximate surface area is 88.7 Å². The molecule has 73 valence electrons.